The normalized spacial score (nSPS) is 15.6. The topological polar surface area (TPSA) is 54.8 Å². The Labute approximate surface area is 206 Å². The Bertz CT molecular complexity index is 1200. The second-order valence-electron chi connectivity index (χ2n) is 9.01. The summed E-state index contributed by atoms with van der Waals surface area (Å²) in [5, 5.41) is 9.03. The summed E-state index contributed by atoms with van der Waals surface area (Å²) in [4.78, 5) is 4.70. The van der Waals surface area contributed by atoms with Gasteiger partial charge in [0.15, 0.2) is 16.6 Å². The average molecular weight is 478 g/mol. The lowest BCUT2D eigenvalue weighted by atomic mass is 10.1. The van der Waals surface area contributed by atoms with Crippen LogP contribution in [0.1, 0.15) is 28.1 Å². The van der Waals surface area contributed by atoms with E-state index in [1.54, 1.807) is 0 Å². The molecule has 0 aliphatic carbocycles. The van der Waals surface area contributed by atoms with Crippen LogP contribution in [0.3, 0.4) is 0 Å². The molecule has 0 saturated carbocycles. The minimum Gasteiger partial charge on any atom is -0.454 e. The van der Waals surface area contributed by atoms with Crippen molar-refractivity contribution >= 4 is 23.0 Å². The lowest BCUT2D eigenvalue weighted by molar-refractivity contribution is 0.173. The van der Waals surface area contributed by atoms with Gasteiger partial charge in [-0.15, -0.1) is 0 Å². The molecule has 8 heteroatoms. The van der Waals surface area contributed by atoms with Crippen LogP contribution in [-0.2, 0) is 13.1 Å². The number of hydrogen-bond acceptors (Lipinski definition) is 5. The monoisotopic (exact) mass is 477 g/mol. The molecule has 0 unspecified atom stereocenters. The summed E-state index contributed by atoms with van der Waals surface area (Å²) >= 11 is 5.79. The number of aromatic nitrogens is 2. The average Bonchev–Trinajstić information content (AvgIpc) is 3.40. The van der Waals surface area contributed by atoms with Crippen LogP contribution >= 0.6 is 12.2 Å². The zero-order valence-electron chi connectivity index (χ0n) is 20.0. The number of ether oxygens (including phenoxy) is 2. The van der Waals surface area contributed by atoms with E-state index >= 15 is 0 Å². The highest BCUT2D eigenvalue weighted by atomic mass is 32.1. The highest BCUT2D eigenvalue weighted by Gasteiger charge is 2.22. The predicted molar refractivity (Wildman–Crippen MR) is 138 cm³/mol. The molecule has 7 nitrogen and oxygen atoms in total. The summed E-state index contributed by atoms with van der Waals surface area (Å²) in [6, 6.07) is 14.6. The fourth-order valence-corrected chi connectivity index (χ4v) is 4.86. The molecule has 1 fully saturated rings. The zero-order chi connectivity index (χ0) is 23.7. The maximum Gasteiger partial charge on any atom is 0.231 e. The number of nitrogens with one attached hydrogen (secondary N) is 1. The Balaban J connectivity index is 1.17. The largest absolute Gasteiger partial charge is 0.454 e. The van der Waals surface area contributed by atoms with Gasteiger partial charge in [-0.3, -0.25) is 9.58 Å². The van der Waals surface area contributed by atoms with Crippen molar-refractivity contribution in [3.63, 3.8) is 0 Å². The number of nitrogens with zero attached hydrogens (tertiary/aromatic N) is 4. The van der Waals surface area contributed by atoms with Gasteiger partial charge in [-0.2, -0.15) is 5.10 Å². The maximum absolute atomic E-state index is 5.79. The number of anilines is 1. The molecule has 1 aromatic heterocycles. The zero-order valence-corrected chi connectivity index (χ0v) is 20.8. The van der Waals surface area contributed by atoms with Crippen LogP contribution in [0.25, 0.3) is 0 Å². The smallest absolute Gasteiger partial charge is 0.231 e. The van der Waals surface area contributed by atoms with Crippen molar-refractivity contribution in [2.75, 3.05) is 38.3 Å². The van der Waals surface area contributed by atoms with Crippen LogP contribution in [-0.4, -0.2) is 57.7 Å². The molecule has 3 aromatic rings. The Morgan fingerprint density at radius 3 is 2.53 bits per heavy atom. The molecule has 5 rings (SSSR count). The standard InChI is InChI=1S/C26H31N5O2S/c1-18-6-4-5-7-22(18)16-31-20(3)25(19(2)28-31)27-26(34)30-12-10-29(11-13-30)15-21-8-9-23-24(14-21)33-17-32-23/h4-9,14H,10-13,15-17H2,1-3H3,(H,27,34). The van der Waals surface area contributed by atoms with E-state index in [1.807, 2.05) is 13.0 Å². The molecule has 178 valence electrons. The highest BCUT2D eigenvalue weighted by molar-refractivity contribution is 7.80. The van der Waals surface area contributed by atoms with Crippen LogP contribution in [0.15, 0.2) is 42.5 Å². The van der Waals surface area contributed by atoms with Crippen molar-refractivity contribution in [2.45, 2.75) is 33.9 Å². The van der Waals surface area contributed by atoms with Crippen LogP contribution in [0.4, 0.5) is 5.69 Å². The Kier molecular flexibility index (Phi) is 6.43. The van der Waals surface area contributed by atoms with E-state index in [0.717, 1.165) is 73.0 Å². The van der Waals surface area contributed by atoms with Gasteiger partial charge in [-0.1, -0.05) is 30.3 Å². The summed E-state index contributed by atoms with van der Waals surface area (Å²) in [7, 11) is 0. The van der Waals surface area contributed by atoms with Crippen molar-refractivity contribution < 1.29 is 9.47 Å². The molecule has 1 saturated heterocycles. The molecule has 0 bridgehead atoms. The minimum absolute atomic E-state index is 0.311. The van der Waals surface area contributed by atoms with E-state index in [9.17, 15) is 0 Å². The number of hydrogen-bond donors (Lipinski definition) is 1. The van der Waals surface area contributed by atoms with Crippen molar-refractivity contribution in [1.29, 1.82) is 0 Å². The first-order valence-corrected chi connectivity index (χ1v) is 12.1. The van der Waals surface area contributed by atoms with Gasteiger partial charge >= 0.3 is 0 Å². The van der Waals surface area contributed by atoms with E-state index < -0.39 is 0 Å². The second kappa shape index (κ2) is 9.64. The lowest BCUT2D eigenvalue weighted by Gasteiger charge is -2.36. The molecule has 0 atom stereocenters. The first-order chi connectivity index (χ1) is 16.5. The number of aryl methyl sites for hydroxylation is 2. The van der Waals surface area contributed by atoms with E-state index in [4.69, 9.17) is 26.8 Å². The number of thiocarbonyl (C=S) groups is 1. The summed E-state index contributed by atoms with van der Waals surface area (Å²) in [5.74, 6) is 1.67. The molecule has 0 radical (unpaired) electrons. The number of rotatable bonds is 5. The molecular weight excluding hydrogens is 446 g/mol. The summed E-state index contributed by atoms with van der Waals surface area (Å²) < 4.78 is 13.0. The third kappa shape index (κ3) is 4.74. The predicted octanol–water partition coefficient (Wildman–Crippen LogP) is 4.10. The first-order valence-electron chi connectivity index (χ1n) is 11.7. The van der Waals surface area contributed by atoms with Gasteiger partial charge in [0.05, 0.1) is 23.6 Å². The third-order valence-corrected chi connectivity index (χ3v) is 7.06. The Morgan fingerprint density at radius 2 is 1.74 bits per heavy atom. The Hall–Kier alpha value is -3.10. The van der Waals surface area contributed by atoms with Crippen LogP contribution < -0.4 is 14.8 Å². The molecule has 0 amide bonds. The van der Waals surface area contributed by atoms with Crippen LogP contribution in [0, 0.1) is 20.8 Å². The molecule has 2 aromatic carbocycles. The minimum atomic E-state index is 0.311. The van der Waals surface area contributed by atoms with E-state index in [0.29, 0.717) is 6.79 Å². The summed E-state index contributed by atoms with van der Waals surface area (Å²) in [5.41, 5.74) is 6.88. The van der Waals surface area contributed by atoms with Gasteiger partial charge in [0.1, 0.15) is 0 Å². The van der Waals surface area contributed by atoms with Crippen molar-refractivity contribution in [3.8, 4) is 11.5 Å². The fourth-order valence-electron chi connectivity index (χ4n) is 4.57. The van der Waals surface area contributed by atoms with Gasteiger partial charge in [0.25, 0.3) is 0 Å². The molecular formula is C26H31N5O2S. The molecule has 3 heterocycles. The van der Waals surface area contributed by atoms with Gasteiger partial charge in [0.2, 0.25) is 6.79 Å². The molecule has 34 heavy (non-hydrogen) atoms. The SMILES string of the molecule is Cc1ccccc1Cn1nc(C)c(NC(=S)N2CCN(Cc3ccc4c(c3)OCO4)CC2)c1C. The third-order valence-electron chi connectivity index (χ3n) is 6.70. The molecule has 0 spiro atoms. The number of fused-ring (bicyclic) bond motifs is 1. The van der Waals surface area contributed by atoms with Crippen molar-refractivity contribution in [3.05, 3.63) is 70.5 Å². The van der Waals surface area contributed by atoms with E-state index in [2.05, 4.69) is 70.0 Å². The number of benzene rings is 2. The van der Waals surface area contributed by atoms with Gasteiger partial charge in [0, 0.05) is 32.7 Å². The fraction of sp³-hybridized carbons (Fsp3) is 0.385. The quantitative estimate of drug-likeness (QED) is 0.555. The van der Waals surface area contributed by atoms with Crippen molar-refractivity contribution in [1.82, 2.24) is 19.6 Å². The van der Waals surface area contributed by atoms with Crippen LogP contribution in [0.5, 0.6) is 11.5 Å². The molecule has 1 N–H and O–H groups in total. The van der Waals surface area contributed by atoms with E-state index in [-0.39, 0.29) is 0 Å². The van der Waals surface area contributed by atoms with Gasteiger partial charge < -0.3 is 19.7 Å². The second-order valence-corrected chi connectivity index (χ2v) is 9.40. The Morgan fingerprint density at radius 1 is 0.971 bits per heavy atom. The van der Waals surface area contributed by atoms with Crippen LogP contribution in [0.2, 0.25) is 0 Å². The maximum atomic E-state index is 5.79. The number of piperazine rings is 1. The summed E-state index contributed by atoms with van der Waals surface area (Å²) in [6.07, 6.45) is 0. The summed E-state index contributed by atoms with van der Waals surface area (Å²) in [6.45, 7) is 12.0. The highest BCUT2D eigenvalue weighted by Crippen LogP contribution is 2.33. The van der Waals surface area contributed by atoms with E-state index in [1.165, 1.54) is 16.7 Å². The molecule has 2 aliphatic rings. The van der Waals surface area contributed by atoms with Gasteiger partial charge in [-0.05, 0) is 61.8 Å². The molecule has 2 aliphatic heterocycles. The van der Waals surface area contributed by atoms with Gasteiger partial charge in [-0.25, -0.2) is 0 Å². The van der Waals surface area contributed by atoms with Crippen molar-refractivity contribution in [2.24, 2.45) is 0 Å². The lowest BCUT2D eigenvalue weighted by Crippen LogP contribution is -2.49. The first kappa shape index (κ1) is 22.7.